The number of hydrogen-bond donors (Lipinski definition) is 1. The van der Waals surface area contributed by atoms with E-state index in [1.165, 1.54) is 0 Å². The highest BCUT2D eigenvalue weighted by Crippen LogP contribution is 2.19. The highest BCUT2D eigenvalue weighted by Gasteiger charge is 2.21. The van der Waals surface area contributed by atoms with Gasteiger partial charge in [-0.1, -0.05) is 49.7 Å². The largest absolute Gasteiger partial charge is 0.357 e. The minimum atomic E-state index is -0.162. The maximum Gasteiger partial charge on any atom is 0.232 e. The highest BCUT2D eigenvalue weighted by atomic mass is 127. The average molecular weight is 492 g/mol. The van der Waals surface area contributed by atoms with Gasteiger partial charge in [0, 0.05) is 30.6 Å². The average Bonchev–Trinajstić information content (AvgIpc) is 3.02. The van der Waals surface area contributed by atoms with Gasteiger partial charge in [0.2, 0.25) is 5.89 Å². The summed E-state index contributed by atoms with van der Waals surface area (Å²) in [7, 11) is 1.99. The molecule has 0 aliphatic rings. The second-order valence-electron chi connectivity index (χ2n) is 6.92. The number of nitrogens with zero attached hydrogens (tertiary/aromatic N) is 4. The molecule has 0 spiro atoms. The van der Waals surface area contributed by atoms with E-state index in [2.05, 4.69) is 25.3 Å². The lowest BCUT2D eigenvalue weighted by Crippen LogP contribution is -2.38. The quantitative estimate of drug-likeness (QED) is 0.385. The lowest BCUT2D eigenvalue weighted by Gasteiger charge is -2.22. The van der Waals surface area contributed by atoms with Gasteiger partial charge in [-0.05, 0) is 24.6 Å². The minimum absolute atomic E-state index is 0. The molecule has 0 radical (unpaired) electrons. The van der Waals surface area contributed by atoms with Crippen molar-refractivity contribution in [1.82, 2.24) is 20.4 Å². The zero-order valence-corrected chi connectivity index (χ0v) is 19.0. The normalized spacial score (nSPS) is 11.8. The highest BCUT2D eigenvalue weighted by molar-refractivity contribution is 14.0. The first kappa shape index (κ1) is 22.7. The molecule has 1 heterocycles. The SMILES string of the molecule is CCNC(=NCc1noc(C(C)(C)C)n1)N(C)Cc1ccc(Cl)cc1.I. The van der Waals surface area contributed by atoms with Crippen molar-refractivity contribution >= 4 is 41.5 Å². The number of rotatable bonds is 5. The summed E-state index contributed by atoms with van der Waals surface area (Å²) in [5.41, 5.74) is 0.997. The summed E-state index contributed by atoms with van der Waals surface area (Å²) < 4.78 is 5.31. The van der Waals surface area contributed by atoms with Gasteiger partial charge in [-0.3, -0.25) is 0 Å². The summed E-state index contributed by atoms with van der Waals surface area (Å²) >= 11 is 5.94. The van der Waals surface area contributed by atoms with Crippen LogP contribution in [0.5, 0.6) is 0 Å². The van der Waals surface area contributed by atoms with Crippen molar-refractivity contribution in [1.29, 1.82) is 0 Å². The first-order valence-electron chi connectivity index (χ1n) is 8.36. The molecule has 0 fully saturated rings. The molecule has 2 rings (SSSR count). The Hall–Kier alpha value is -1.35. The van der Waals surface area contributed by atoms with Gasteiger partial charge in [-0.15, -0.1) is 24.0 Å². The predicted molar refractivity (Wildman–Crippen MR) is 116 cm³/mol. The van der Waals surface area contributed by atoms with Crippen LogP contribution in [0.3, 0.4) is 0 Å². The van der Waals surface area contributed by atoms with Crippen LogP contribution in [0.15, 0.2) is 33.8 Å². The Labute approximate surface area is 177 Å². The Morgan fingerprint density at radius 1 is 1.27 bits per heavy atom. The van der Waals surface area contributed by atoms with Gasteiger partial charge < -0.3 is 14.7 Å². The van der Waals surface area contributed by atoms with Crippen molar-refractivity contribution in [2.24, 2.45) is 4.99 Å². The van der Waals surface area contributed by atoms with E-state index in [0.717, 1.165) is 29.6 Å². The molecule has 144 valence electrons. The Kier molecular flexibility index (Phi) is 8.82. The van der Waals surface area contributed by atoms with Gasteiger partial charge in [0.15, 0.2) is 11.8 Å². The number of benzene rings is 1. The van der Waals surface area contributed by atoms with E-state index in [1.807, 2.05) is 59.0 Å². The van der Waals surface area contributed by atoms with Gasteiger partial charge >= 0.3 is 0 Å². The lowest BCUT2D eigenvalue weighted by molar-refractivity contribution is 0.318. The van der Waals surface area contributed by atoms with E-state index in [0.29, 0.717) is 18.3 Å². The van der Waals surface area contributed by atoms with Crippen molar-refractivity contribution in [3.8, 4) is 0 Å². The van der Waals surface area contributed by atoms with E-state index in [4.69, 9.17) is 16.1 Å². The predicted octanol–water partition coefficient (Wildman–Crippen LogP) is 4.24. The molecule has 0 atom stereocenters. The van der Waals surface area contributed by atoms with Crippen LogP contribution in [0.25, 0.3) is 0 Å². The summed E-state index contributed by atoms with van der Waals surface area (Å²) in [6, 6.07) is 7.80. The molecule has 0 saturated heterocycles. The summed E-state index contributed by atoms with van der Waals surface area (Å²) in [5.74, 6) is 2.00. The van der Waals surface area contributed by atoms with Crippen molar-refractivity contribution in [2.75, 3.05) is 13.6 Å². The van der Waals surface area contributed by atoms with Gasteiger partial charge in [0.25, 0.3) is 0 Å². The Balaban J connectivity index is 0.00000338. The lowest BCUT2D eigenvalue weighted by atomic mass is 9.97. The van der Waals surface area contributed by atoms with Gasteiger partial charge in [-0.25, -0.2) is 4.99 Å². The second kappa shape index (κ2) is 10.1. The van der Waals surface area contributed by atoms with E-state index in [1.54, 1.807) is 0 Å². The Morgan fingerprint density at radius 2 is 1.92 bits per heavy atom. The summed E-state index contributed by atoms with van der Waals surface area (Å²) in [6.07, 6.45) is 0. The minimum Gasteiger partial charge on any atom is -0.357 e. The van der Waals surface area contributed by atoms with Crippen molar-refractivity contribution in [2.45, 2.75) is 46.2 Å². The van der Waals surface area contributed by atoms with E-state index in [-0.39, 0.29) is 29.4 Å². The Morgan fingerprint density at radius 3 is 2.46 bits per heavy atom. The van der Waals surface area contributed by atoms with E-state index >= 15 is 0 Å². The third-order valence-electron chi connectivity index (χ3n) is 3.51. The number of hydrogen-bond acceptors (Lipinski definition) is 4. The van der Waals surface area contributed by atoms with E-state index in [9.17, 15) is 0 Å². The molecule has 8 heteroatoms. The zero-order chi connectivity index (χ0) is 18.4. The molecule has 1 aromatic carbocycles. The summed E-state index contributed by atoms with van der Waals surface area (Å²) in [6.45, 7) is 10.0. The molecule has 0 saturated carbocycles. The fourth-order valence-electron chi connectivity index (χ4n) is 2.18. The maximum absolute atomic E-state index is 5.94. The van der Waals surface area contributed by atoms with Crippen molar-refractivity contribution in [3.05, 3.63) is 46.6 Å². The van der Waals surface area contributed by atoms with Crippen molar-refractivity contribution < 1.29 is 4.52 Å². The fraction of sp³-hybridized carbons (Fsp3) is 0.500. The number of halogens is 2. The number of aliphatic imine (C=N–C) groups is 1. The van der Waals surface area contributed by atoms with Crippen LogP contribution < -0.4 is 5.32 Å². The van der Waals surface area contributed by atoms with Crippen LogP contribution in [-0.4, -0.2) is 34.6 Å². The fourth-order valence-corrected chi connectivity index (χ4v) is 2.30. The zero-order valence-electron chi connectivity index (χ0n) is 15.9. The third-order valence-corrected chi connectivity index (χ3v) is 3.76. The first-order valence-corrected chi connectivity index (χ1v) is 8.74. The third kappa shape index (κ3) is 6.75. The van der Waals surface area contributed by atoms with Gasteiger partial charge in [0.05, 0.1) is 0 Å². The molecule has 0 aliphatic carbocycles. The standard InChI is InChI=1S/C18H26ClN5O.HI/c1-6-20-17(24(5)12-13-7-9-14(19)10-8-13)21-11-15-22-16(25-23-15)18(2,3)4;/h7-10H,6,11-12H2,1-5H3,(H,20,21);1H. The van der Waals surface area contributed by atoms with Crippen molar-refractivity contribution in [3.63, 3.8) is 0 Å². The monoisotopic (exact) mass is 491 g/mol. The van der Waals surface area contributed by atoms with Gasteiger partial charge in [-0.2, -0.15) is 4.98 Å². The van der Waals surface area contributed by atoms with Crippen LogP contribution in [0.1, 0.15) is 45.0 Å². The first-order chi connectivity index (χ1) is 11.8. The van der Waals surface area contributed by atoms with Crippen LogP contribution in [0, 0.1) is 0 Å². The number of guanidine groups is 1. The smallest absolute Gasteiger partial charge is 0.232 e. The molecule has 0 unspecified atom stereocenters. The second-order valence-corrected chi connectivity index (χ2v) is 7.35. The molecule has 1 N–H and O–H groups in total. The van der Waals surface area contributed by atoms with Gasteiger partial charge in [0.1, 0.15) is 6.54 Å². The molecule has 0 aliphatic heterocycles. The molecule has 6 nitrogen and oxygen atoms in total. The molecule has 0 amide bonds. The molecular formula is C18H27ClIN5O. The number of aromatic nitrogens is 2. The topological polar surface area (TPSA) is 66.5 Å². The Bertz CT molecular complexity index is 709. The van der Waals surface area contributed by atoms with Crippen LogP contribution in [0.2, 0.25) is 5.02 Å². The molecular weight excluding hydrogens is 465 g/mol. The van der Waals surface area contributed by atoms with Crippen LogP contribution in [0.4, 0.5) is 0 Å². The number of nitrogens with one attached hydrogen (secondary N) is 1. The molecule has 26 heavy (non-hydrogen) atoms. The summed E-state index contributed by atoms with van der Waals surface area (Å²) in [5, 5.41) is 8.03. The molecule has 2 aromatic rings. The molecule has 0 bridgehead atoms. The van der Waals surface area contributed by atoms with Crippen LogP contribution in [-0.2, 0) is 18.5 Å². The van der Waals surface area contributed by atoms with E-state index < -0.39 is 0 Å². The maximum atomic E-state index is 5.94. The molecule has 1 aromatic heterocycles. The van der Waals surface area contributed by atoms with Crippen LogP contribution >= 0.6 is 35.6 Å². The summed E-state index contributed by atoms with van der Waals surface area (Å²) in [4.78, 5) is 11.1.